The Morgan fingerprint density at radius 2 is 1.91 bits per heavy atom. The van der Waals surface area contributed by atoms with Crippen molar-refractivity contribution in [2.45, 2.75) is 26.0 Å². The molecule has 0 aliphatic heterocycles. The van der Waals surface area contributed by atoms with Crippen LogP contribution in [-0.4, -0.2) is 11.7 Å². The standard InChI is InChI=1S/C18H20ClNOS/c1-12-9-13(2)18(16(19)10-12)20-17(21)11-22-14(3)15-7-5-4-6-8-15/h4-10,14H,11H2,1-3H3,(H,20,21)/t14-/m0/s1. The summed E-state index contributed by atoms with van der Waals surface area (Å²) >= 11 is 7.83. The average molecular weight is 334 g/mol. The van der Waals surface area contributed by atoms with E-state index in [0.29, 0.717) is 16.5 Å². The second kappa shape index (κ2) is 7.70. The summed E-state index contributed by atoms with van der Waals surface area (Å²) in [5.74, 6) is 0.376. The highest BCUT2D eigenvalue weighted by atomic mass is 35.5. The number of benzene rings is 2. The highest BCUT2D eigenvalue weighted by Gasteiger charge is 2.12. The number of anilines is 1. The van der Waals surface area contributed by atoms with Gasteiger partial charge in [-0.3, -0.25) is 4.79 Å². The van der Waals surface area contributed by atoms with Gasteiger partial charge < -0.3 is 5.32 Å². The Morgan fingerprint density at radius 1 is 1.23 bits per heavy atom. The number of halogens is 1. The van der Waals surface area contributed by atoms with Gasteiger partial charge in [-0.25, -0.2) is 0 Å². The van der Waals surface area contributed by atoms with Crippen LogP contribution in [0.15, 0.2) is 42.5 Å². The van der Waals surface area contributed by atoms with Crippen LogP contribution in [0.3, 0.4) is 0 Å². The number of nitrogens with one attached hydrogen (secondary N) is 1. The smallest absolute Gasteiger partial charge is 0.234 e. The van der Waals surface area contributed by atoms with Crippen LogP contribution < -0.4 is 5.32 Å². The zero-order valence-corrected chi connectivity index (χ0v) is 14.6. The molecule has 0 spiro atoms. The highest BCUT2D eigenvalue weighted by molar-refractivity contribution is 8.00. The second-order valence-electron chi connectivity index (χ2n) is 5.35. The molecule has 2 rings (SSSR count). The molecule has 0 unspecified atom stereocenters. The molecule has 0 saturated heterocycles. The number of aryl methyl sites for hydroxylation is 2. The van der Waals surface area contributed by atoms with Crippen LogP contribution in [0.4, 0.5) is 5.69 Å². The Morgan fingerprint density at radius 3 is 2.55 bits per heavy atom. The summed E-state index contributed by atoms with van der Waals surface area (Å²) in [6.45, 7) is 6.05. The first kappa shape index (κ1) is 16.9. The van der Waals surface area contributed by atoms with E-state index in [9.17, 15) is 4.79 Å². The number of hydrogen-bond acceptors (Lipinski definition) is 2. The Labute approximate surface area is 141 Å². The van der Waals surface area contributed by atoms with Crippen molar-refractivity contribution < 1.29 is 4.79 Å². The lowest BCUT2D eigenvalue weighted by molar-refractivity contribution is -0.113. The molecule has 2 nitrogen and oxygen atoms in total. The summed E-state index contributed by atoms with van der Waals surface area (Å²) in [5, 5.41) is 3.79. The average Bonchev–Trinajstić information content (AvgIpc) is 2.49. The quantitative estimate of drug-likeness (QED) is 0.794. The van der Waals surface area contributed by atoms with Crippen LogP contribution in [0.25, 0.3) is 0 Å². The third kappa shape index (κ3) is 4.52. The molecule has 1 amide bonds. The van der Waals surface area contributed by atoms with Gasteiger partial charge in [0.15, 0.2) is 0 Å². The third-order valence-corrected chi connectivity index (χ3v) is 4.93. The zero-order chi connectivity index (χ0) is 16.1. The fourth-order valence-electron chi connectivity index (χ4n) is 2.27. The van der Waals surface area contributed by atoms with Gasteiger partial charge in [-0.05, 0) is 43.5 Å². The molecule has 4 heteroatoms. The fourth-order valence-corrected chi connectivity index (χ4v) is 3.46. The molecule has 22 heavy (non-hydrogen) atoms. The van der Waals surface area contributed by atoms with E-state index >= 15 is 0 Å². The van der Waals surface area contributed by atoms with Crippen LogP contribution in [-0.2, 0) is 4.79 Å². The van der Waals surface area contributed by atoms with Crippen LogP contribution in [0.1, 0.15) is 28.9 Å². The SMILES string of the molecule is Cc1cc(C)c(NC(=O)CS[C@@H](C)c2ccccc2)c(Cl)c1. The van der Waals surface area contributed by atoms with Crippen LogP contribution in [0.2, 0.25) is 5.02 Å². The first-order valence-electron chi connectivity index (χ1n) is 7.20. The van der Waals surface area contributed by atoms with E-state index in [-0.39, 0.29) is 11.2 Å². The molecule has 0 bridgehead atoms. The molecule has 0 heterocycles. The van der Waals surface area contributed by atoms with Crippen molar-refractivity contribution in [3.05, 3.63) is 64.2 Å². The number of carbonyl (C=O) groups is 1. The molecule has 116 valence electrons. The number of amides is 1. The largest absolute Gasteiger partial charge is 0.324 e. The van der Waals surface area contributed by atoms with Gasteiger partial charge in [0.25, 0.3) is 0 Å². The molecule has 2 aromatic carbocycles. The van der Waals surface area contributed by atoms with Crippen molar-refractivity contribution in [2.75, 3.05) is 11.1 Å². The summed E-state index contributed by atoms with van der Waals surface area (Å²) in [4.78, 5) is 12.1. The van der Waals surface area contributed by atoms with Crippen LogP contribution >= 0.6 is 23.4 Å². The maximum Gasteiger partial charge on any atom is 0.234 e. The van der Waals surface area contributed by atoms with Crippen LogP contribution in [0.5, 0.6) is 0 Å². The Kier molecular flexibility index (Phi) is 5.92. The predicted molar refractivity (Wildman–Crippen MR) is 96.9 cm³/mol. The molecule has 0 radical (unpaired) electrons. The van der Waals surface area contributed by atoms with Crippen molar-refractivity contribution in [3.8, 4) is 0 Å². The summed E-state index contributed by atoms with van der Waals surface area (Å²) < 4.78 is 0. The van der Waals surface area contributed by atoms with Gasteiger partial charge in [-0.15, -0.1) is 11.8 Å². The van der Waals surface area contributed by atoms with E-state index < -0.39 is 0 Å². The molecule has 0 aliphatic carbocycles. The van der Waals surface area contributed by atoms with E-state index in [1.54, 1.807) is 11.8 Å². The molecule has 1 atom stereocenters. The van der Waals surface area contributed by atoms with E-state index in [2.05, 4.69) is 24.4 Å². The third-order valence-electron chi connectivity index (χ3n) is 3.43. The first-order valence-corrected chi connectivity index (χ1v) is 8.63. The van der Waals surface area contributed by atoms with Gasteiger partial charge >= 0.3 is 0 Å². The molecular formula is C18H20ClNOS. The normalized spacial score (nSPS) is 12.0. The lowest BCUT2D eigenvalue weighted by atomic mass is 10.1. The fraction of sp³-hybridized carbons (Fsp3) is 0.278. The Balaban J connectivity index is 1.94. The van der Waals surface area contributed by atoms with Crippen molar-refractivity contribution in [3.63, 3.8) is 0 Å². The maximum atomic E-state index is 12.1. The number of hydrogen-bond donors (Lipinski definition) is 1. The second-order valence-corrected chi connectivity index (χ2v) is 7.09. The molecule has 0 aromatic heterocycles. The van der Waals surface area contributed by atoms with Crippen molar-refractivity contribution in [1.82, 2.24) is 0 Å². The van der Waals surface area contributed by atoms with E-state index in [0.717, 1.165) is 11.1 Å². The molecule has 0 aliphatic rings. The lowest BCUT2D eigenvalue weighted by Gasteiger charge is -2.14. The molecule has 2 aromatic rings. The summed E-state index contributed by atoms with van der Waals surface area (Å²) in [6.07, 6.45) is 0. The van der Waals surface area contributed by atoms with Gasteiger partial charge in [-0.1, -0.05) is 48.0 Å². The zero-order valence-electron chi connectivity index (χ0n) is 13.0. The summed E-state index contributed by atoms with van der Waals surface area (Å²) in [6, 6.07) is 14.1. The van der Waals surface area contributed by atoms with Gasteiger partial charge in [0.2, 0.25) is 5.91 Å². The predicted octanol–water partition coefficient (Wildman–Crippen LogP) is 5.39. The van der Waals surface area contributed by atoms with Crippen molar-refractivity contribution in [2.24, 2.45) is 0 Å². The minimum absolute atomic E-state index is 0.0263. The van der Waals surface area contributed by atoms with Gasteiger partial charge in [0.1, 0.15) is 0 Å². The van der Waals surface area contributed by atoms with Crippen molar-refractivity contribution >= 4 is 35.0 Å². The summed E-state index contributed by atoms with van der Waals surface area (Å²) in [5.41, 5.74) is 4.02. The number of thioether (sulfide) groups is 1. The molecular weight excluding hydrogens is 314 g/mol. The topological polar surface area (TPSA) is 29.1 Å². The minimum Gasteiger partial charge on any atom is -0.324 e. The molecule has 0 fully saturated rings. The Bertz CT molecular complexity index is 634. The number of rotatable bonds is 5. The van der Waals surface area contributed by atoms with E-state index in [1.165, 1.54) is 5.56 Å². The van der Waals surface area contributed by atoms with E-state index in [4.69, 9.17) is 11.6 Å². The number of carbonyl (C=O) groups excluding carboxylic acids is 1. The van der Waals surface area contributed by atoms with Crippen LogP contribution in [0, 0.1) is 13.8 Å². The lowest BCUT2D eigenvalue weighted by Crippen LogP contribution is -2.16. The maximum absolute atomic E-state index is 12.1. The van der Waals surface area contributed by atoms with E-state index in [1.807, 2.05) is 44.2 Å². The summed E-state index contributed by atoms with van der Waals surface area (Å²) in [7, 11) is 0. The van der Waals surface area contributed by atoms with Gasteiger partial charge in [0.05, 0.1) is 16.5 Å². The molecule has 1 N–H and O–H groups in total. The highest BCUT2D eigenvalue weighted by Crippen LogP contribution is 2.30. The molecule has 0 saturated carbocycles. The van der Waals surface area contributed by atoms with Gasteiger partial charge in [-0.2, -0.15) is 0 Å². The van der Waals surface area contributed by atoms with Crippen molar-refractivity contribution in [1.29, 1.82) is 0 Å². The Hall–Kier alpha value is -1.45. The first-order chi connectivity index (χ1) is 10.5. The monoisotopic (exact) mass is 333 g/mol. The minimum atomic E-state index is -0.0263. The van der Waals surface area contributed by atoms with Gasteiger partial charge in [0, 0.05) is 5.25 Å².